The molecule has 0 atom stereocenters. The van der Waals surface area contributed by atoms with Crippen LogP contribution in [0.5, 0.6) is 0 Å². The zero-order valence-corrected chi connectivity index (χ0v) is 95.0. The van der Waals surface area contributed by atoms with E-state index >= 15 is 0 Å². The van der Waals surface area contributed by atoms with Crippen molar-refractivity contribution in [2.24, 2.45) is 0 Å². The molecule has 0 aliphatic rings. The van der Waals surface area contributed by atoms with E-state index in [0.717, 1.165) is 146 Å². The van der Waals surface area contributed by atoms with Gasteiger partial charge in [0, 0.05) is 130 Å². The van der Waals surface area contributed by atoms with Gasteiger partial charge in [0.2, 0.25) is 0 Å². The number of rotatable bonds is 14. The Bertz CT molecular complexity index is 7830. The van der Waals surface area contributed by atoms with Crippen LogP contribution in [-0.4, -0.2) is 39.9 Å². The van der Waals surface area contributed by atoms with Crippen LogP contribution in [0, 0.1) is 48.5 Å². The molecule has 0 bridgehead atoms. The van der Waals surface area contributed by atoms with Crippen molar-refractivity contribution in [3.8, 4) is 78.8 Å². The van der Waals surface area contributed by atoms with E-state index in [1.807, 2.05) is 237 Å². The molecule has 750 valence electrons. The smallest absolute Gasteiger partial charge is 0.0239 e. The standard InChI is InChI=1S/C25H20N.C19H18N.3C17H12N.2C15H16N.C13H8N.4Ir/c1-2-19-7-9-20(10-8-19)11-12-21-13-15-22(16-14-21)25-17-23-5-3-4-6-24(23)18-26-25;1-19(2,3)16-10-8-15(9-11-16)18-17-7-5-4-6-14(17)12-13-20-18;3*1-2-13-7-9-15(10-8-13)17-16-6-4-3-5-14(16)11-12-18-17;2*1-15(2,3)13-9-7-12(8-10-13)14-6-4-5-11-16-14;1-2-6-12-10(4-1)7-8-11-5-3-9-14-13(11)12;;;;/h2-10,13-15,17-18H,1,11-12H2;4-8,10-13H,1-3H3;3*2-9,11-12H,1H2;2*4-7,9-11H,1-3H3;1-5,7-9H;;;;/q8*-1;;;;. The van der Waals surface area contributed by atoms with Gasteiger partial charge in [0.15, 0.2) is 0 Å². The summed E-state index contributed by atoms with van der Waals surface area (Å²) in [6.45, 7) is 34.9. The molecule has 15 aromatic carbocycles. The minimum atomic E-state index is 0. The topological polar surface area (TPSA) is 103 Å². The summed E-state index contributed by atoms with van der Waals surface area (Å²) in [5, 5.41) is 15.3. The van der Waals surface area contributed by atoms with Gasteiger partial charge in [-0.2, -0.15) is 0 Å². The molecule has 0 spiro atoms. The number of fused-ring (bicyclic) bond motifs is 8. The first-order chi connectivity index (χ1) is 71.1. The summed E-state index contributed by atoms with van der Waals surface area (Å²) in [5.41, 5.74) is 26.5. The Morgan fingerprint density at radius 1 is 0.227 bits per heavy atom. The number of aryl methyl sites for hydroxylation is 2. The first-order valence-corrected chi connectivity index (χ1v) is 49.0. The molecular formula is C138H114Ir4N8-8. The Morgan fingerprint density at radius 3 is 0.913 bits per heavy atom. The SMILES string of the molecule is C=Cc1c[c-]c(-c2nccc3ccccc23)cc1.C=Cc1c[c-]c(-c2nccc3ccccc23)cc1.C=Cc1c[c-]c(-c2nccc3ccccc23)cc1.C=Cc1ccc(CCc2c[c-]c(-c3cc4ccccc4cn3)cc2)cc1.CC(C)(C)c1c[c-]c(-c2ccccn2)cc1.CC(C)(C)c1c[c-]c(-c2ccccn2)cc1.CC(C)(C)c1c[c-]c(-c2nccc3ccccc23)cc1.[Ir].[Ir].[Ir].[Ir].[c-]1cccc2ccc3cccnc3c12. The van der Waals surface area contributed by atoms with Crippen molar-refractivity contribution in [1.29, 1.82) is 0 Å². The van der Waals surface area contributed by atoms with Gasteiger partial charge in [0.05, 0.1) is 0 Å². The molecular weight excluding hydrogens is 2540 g/mol. The van der Waals surface area contributed by atoms with E-state index in [0.29, 0.717) is 0 Å². The van der Waals surface area contributed by atoms with E-state index in [1.165, 1.54) is 70.9 Å². The molecule has 23 aromatic rings. The Kier molecular flexibility index (Phi) is 41.8. The minimum Gasteiger partial charge on any atom is -0.305 e. The van der Waals surface area contributed by atoms with E-state index in [2.05, 4.69) is 383 Å². The van der Waals surface area contributed by atoms with Crippen LogP contribution in [-0.2, 0) is 110 Å². The van der Waals surface area contributed by atoms with Crippen molar-refractivity contribution in [2.75, 3.05) is 0 Å². The second-order valence-corrected chi connectivity index (χ2v) is 38.1. The summed E-state index contributed by atoms with van der Waals surface area (Å²) in [7, 11) is 0. The Balaban J connectivity index is 0.000000152. The van der Waals surface area contributed by atoms with Gasteiger partial charge >= 0.3 is 0 Å². The maximum atomic E-state index is 4.58. The van der Waals surface area contributed by atoms with Crippen molar-refractivity contribution < 1.29 is 80.4 Å². The second-order valence-electron chi connectivity index (χ2n) is 38.1. The van der Waals surface area contributed by atoms with Crippen molar-refractivity contribution >= 4 is 99.8 Å². The van der Waals surface area contributed by atoms with Crippen LogP contribution >= 0.6 is 0 Å². The Hall–Kier alpha value is -15.1. The third kappa shape index (κ3) is 30.6. The average molecular weight is 2650 g/mol. The molecule has 0 amide bonds. The maximum absolute atomic E-state index is 4.58. The average Bonchev–Trinajstić information content (AvgIpc) is 0.752. The Morgan fingerprint density at radius 2 is 0.547 bits per heavy atom. The quantitative estimate of drug-likeness (QED) is 0.0784. The van der Waals surface area contributed by atoms with Crippen LogP contribution in [0.2, 0.25) is 0 Å². The molecule has 8 heterocycles. The minimum absolute atomic E-state index is 0. The van der Waals surface area contributed by atoms with Crippen molar-refractivity contribution in [3.63, 3.8) is 0 Å². The van der Waals surface area contributed by atoms with Gasteiger partial charge in [0.25, 0.3) is 0 Å². The zero-order chi connectivity index (χ0) is 102. The summed E-state index contributed by atoms with van der Waals surface area (Å²) in [5.74, 6) is 0. The van der Waals surface area contributed by atoms with E-state index in [9.17, 15) is 0 Å². The fourth-order valence-electron chi connectivity index (χ4n) is 16.5. The van der Waals surface area contributed by atoms with E-state index in [1.54, 1.807) is 12.4 Å². The van der Waals surface area contributed by atoms with Crippen LogP contribution < -0.4 is 0 Å². The zero-order valence-electron chi connectivity index (χ0n) is 85.5. The fraction of sp³-hybridized carbons (Fsp3) is 0.101. The van der Waals surface area contributed by atoms with Crippen LogP contribution in [0.4, 0.5) is 0 Å². The third-order valence-corrected chi connectivity index (χ3v) is 25.0. The maximum Gasteiger partial charge on any atom is 0.0239 e. The summed E-state index contributed by atoms with van der Waals surface area (Å²) in [6, 6.07) is 156. The molecule has 8 nitrogen and oxygen atoms in total. The molecule has 0 saturated heterocycles. The monoisotopic (exact) mass is 2650 g/mol. The molecule has 150 heavy (non-hydrogen) atoms. The van der Waals surface area contributed by atoms with Gasteiger partial charge in [-0.3, -0.25) is 0 Å². The molecule has 0 aliphatic heterocycles. The number of benzene rings is 15. The number of pyridine rings is 8. The largest absolute Gasteiger partial charge is 0.305 e. The van der Waals surface area contributed by atoms with Crippen LogP contribution in [0.1, 0.15) is 112 Å². The number of hydrogen-bond acceptors (Lipinski definition) is 8. The van der Waals surface area contributed by atoms with Gasteiger partial charge in [-0.1, -0.05) is 276 Å². The molecule has 0 fully saturated rings. The number of hydrogen-bond donors (Lipinski definition) is 0. The molecule has 4 radical (unpaired) electrons. The Labute approximate surface area is 938 Å². The van der Waals surface area contributed by atoms with Crippen LogP contribution in [0.3, 0.4) is 0 Å². The van der Waals surface area contributed by atoms with Crippen molar-refractivity contribution in [1.82, 2.24) is 39.9 Å². The van der Waals surface area contributed by atoms with Gasteiger partial charge < -0.3 is 39.9 Å². The number of aromatic nitrogens is 8. The molecule has 0 N–H and O–H groups in total. The van der Waals surface area contributed by atoms with Gasteiger partial charge in [-0.15, -0.1) is 321 Å². The number of nitrogens with zero attached hydrogens (tertiary/aromatic N) is 8. The normalized spacial score (nSPS) is 10.6. The third-order valence-electron chi connectivity index (χ3n) is 25.0. The molecule has 0 aliphatic carbocycles. The van der Waals surface area contributed by atoms with E-state index in [-0.39, 0.29) is 96.7 Å². The molecule has 12 heteroatoms. The first kappa shape index (κ1) is 114. The van der Waals surface area contributed by atoms with Gasteiger partial charge in [0.1, 0.15) is 0 Å². The molecule has 0 saturated carbocycles. The van der Waals surface area contributed by atoms with Crippen LogP contribution in [0.25, 0.3) is 179 Å². The van der Waals surface area contributed by atoms with Crippen molar-refractivity contribution in [3.05, 3.63) is 557 Å². The summed E-state index contributed by atoms with van der Waals surface area (Å²) < 4.78 is 0. The fourth-order valence-corrected chi connectivity index (χ4v) is 16.5. The summed E-state index contributed by atoms with van der Waals surface area (Å²) in [4.78, 5) is 35.5. The predicted octanol–water partition coefficient (Wildman–Crippen LogP) is 35.0. The molecule has 23 rings (SSSR count). The van der Waals surface area contributed by atoms with Gasteiger partial charge in [-0.05, 0) is 181 Å². The molecule has 0 unspecified atom stereocenters. The van der Waals surface area contributed by atoms with Crippen LogP contribution in [0.15, 0.2) is 458 Å². The summed E-state index contributed by atoms with van der Waals surface area (Å²) >= 11 is 0. The second kappa shape index (κ2) is 55.2. The summed E-state index contributed by atoms with van der Waals surface area (Å²) in [6.07, 6.45) is 24.1. The van der Waals surface area contributed by atoms with E-state index < -0.39 is 0 Å². The van der Waals surface area contributed by atoms with Crippen molar-refractivity contribution in [2.45, 2.75) is 91.4 Å². The first-order valence-electron chi connectivity index (χ1n) is 49.0. The molecule has 8 aromatic heterocycles. The van der Waals surface area contributed by atoms with E-state index in [4.69, 9.17) is 0 Å². The predicted molar refractivity (Wildman–Crippen MR) is 615 cm³/mol. The van der Waals surface area contributed by atoms with Gasteiger partial charge in [-0.25, -0.2) is 0 Å².